The number of nitrogens with zero attached hydrogens (tertiary/aromatic N) is 4. The Hall–Kier alpha value is -1.40. The first-order valence-electron chi connectivity index (χ1n) is 6.34. The van der Waals surface area contributed by atoms with Crippen molar-refractivity contribution >= 4 is 23.2 Å². The summed E-state index contributed by atoms with van der Waals surface area (Å²) in [6, 6.07) is 0.370. The normalized spacial score (nSPS) is 23.1. The molecule has 1 N–H and O–H groups in total. The number of anilines is 1. The zero-order valence-corrected chi connectivity index (χ0v) is 11.7. The Morgan fingerprint density at radius 2 is 2.32 bits per heavy atom. The Balaban J connectivity index is 1.92. The largest absolute Gasteiger partial charge is 0.381 e. The number of rotatable bonds is 3. The van der Waals surface area contributed by atoms with Crippen molar-refractivity contribution in [3.63, 3.8) is 0 Å². The van der Waals surface area contributed by atoms with E-state index >= 15 is 0 Å². The summed E-state index contributed by atoms with van der Waals surface area (Å²) < 4.78 is 7.09. The maximum Gasteiger partial charge on any atom is 0.255 e. The smallest absolute Gasteiger partial charge is 0.255 e. The average molecular weight is 282 g/mol. The van der Waals surface area contributed by atoms with E-state index in [1.165, 1.54) is 6.33 Å². The minimum absolute atomic E-state index is 0.335. The number of ether oxygens (including phenoxy) is 1. The third-order valence-corrected chi connectivity index (χ3v) is 4.03. The number of hydrogen-bond acceptors (Lipinski definition) is 5. The van der Waals surface area contributed by atoms with Crippen LogP contribution in [0.4, 0.5) is 5.82 Å². The van der Waals surface area contributed by atoms with Crippen LogP contribution in [0.3, 0.4) is 0 Å². The van der Waals surface area contributed by atoms with Crippen LogP contribution in [0.1, 0.15) is 24.8 Å². The fourth-order valence-corrected chi connectivity index (χ4v) is 2.71. The highest BCUT2D eigenvalue weighted by Gasteiger charge is 2.26. The summed E-state index contributed by atoms with van der Waals surface area (Å²) in [5, 5.41) is 8.15. The molecule has 102 valence electrons. The van der Waals surface area contributed by atoms with Crippen molar-refractivity contribution in [2.24, 2.45) is 0 Å². The van der Waals surface area contributed by atoms with Crippen molar-refractivity contribution in [3.8, 4) is 0 Å². The second-order valence-electron chi connectivity index (χ2n) is 4.86. The van der Waals surface area contributed by atoms with Gasteiger partial charge in [0, 0.05) is 18.7 Å². The minimum Gasteiger partial charge on any atom is -0.381 e. The second-order valence-corrected chi connectivity index (χ2v) is 5.22. The van der Waals surface area contributed by atoms with Crippen molar-refractivity contribution in [2.75, 3.05) is 12.4 Å². The molecule has 2 unspecified atom stereocenters. The van der Waals surface area contributed by atoms with Gasteiger partial charge in [0.2, 0.25) is 0 Å². The van der Waals surface area contributed by atoms with Crippen LogP contribution in [0.25, 0.3) is 5.78 Å². The van der Waals surface area contributed by atoms with Gasteiger partial charge >= 0.3 is 0 Å². The highest BCUT2D eigenvalue weighted by Crippen LogP contribution is 2.28. The van der Waals surface area contributed by atoms with Gasteiger partial charge in [0.15, 0.2) is 0 Å². The molecule has 0 radical (unpaired) electrons. The van der Waals surface area contributed by atoms with Gasteiger partial charge < -0.3 is 10.1 Å². The quantitative estimate of drug-likeness (QED) is 0.873. The molecule has 0 aromatic carbocycles. The van der Waals surface area contributed by atoms with Crippen LogP contribution in [0.2, 0.25) is 5.15 Å². The van der Waals surface area contributed by atoms with E-state index in [-0.39, 0.29) is 0 Å². The van der Waals surface area contributed by atoms with Crippen LogP contribution < -0.4 is 5.32 Å². The van der Waals surface area contributed by atoms with E-state index in [0.717, 1.165) is 30.6 Å². The second kappa shape index (κ2) is 4.94. The average Bonchev–Trinajstić information content (AvgIpc) is 3.03. The van der Waals surface area contributed by atoms with Gasteiger partial charge in [-0.25, -0.2) is 0 Å². The van der Waals surface area contributed by atoms with Crippen LogP contribution in [0, 0.1) is 6.92 Å². The van der Waals surface area contributed by atoms with Crippen LogP contribution in [0.15, 0.2) is 6.33 Å². The van der Waals surface area contributed by atoms with E-state index < -0.39 is 0 Å². The molecule has 1 fully saturated rings. The number of hydrogen-bond donors (Lipinski definition) is 1. The summed E-state index contributed by atoms with van der Waals surface area (Å²) in [5.74, 6) is 1.38. The molecule has 3 rings (SSSR count). The molecule has 1 aliphatic carbocycles. The molecule has 2 aromatic rings. The van der Waals surface area contributed by atoms with E-state index in [1.54, 1.807) is 11.6 Å². The molecule has 6 nitrogen and oxygen atoms in total. The maximum atomic E-state index is 6.13. The van der Waals surface area contributed by atoms with Crippen LogP contribution in [0.5, 0.6) is 0 Å². The van der Waals surface area contributed by atoms with Crippen LogP contribution in [-0.2, 0) is 4.74 Å². The van der Waals surface area contributed by atoms with Crippen molar-refractivity contribution in [2.45, 2.75) is 38.3 Å². The van der Waals surface area contributed by atoms with Crippen molar-refractivity contribution in [1.29, 1.82) is 0 Å². The number of methoxy groups -OCH3 is 1. The first kappa shape index (κ1) is 12.6. The SMILES string of the molecule is COC1CCC(Nc2c(C)c(Cl)nc3ncnn23)C1. The maximum absolute atomic E-state index is 6.13. The lowest BCUT2D eigenvalue weighted by Gasteiger charge is -2.17. The highest BCUT2D eigenvalue weighted by atomic mass is 35.5. The van der Waals surface area contributed by atoms with Gasteiger partial charge in [0.1, 0.15) is 17.3 Å². The molecule has 0 bridgehead atoms. The van der Waals surface area contributed by atoms with E-state index in [4.69, 9.17) is 16.3 Å². The Morgan fingerprint density at radius 1 is 1.47 bits per heavy atom. The molecular weight excluding hydrogens is 266 g/mol. The monoisotopic (exact) mass is 281 g/mol. The fourth-order valence-electron chi connectivity index (χ4n) is 2.55. The molecule has 0 aliphatic heterocycles. The summed E-state index contributed by atoms with van der Waals surface area (Å²) in [6.45, 7) is 1.93. The summed E-state index contributed by atoms with van der Waals surface area (Å²) in [4.78, 5) is 8.27. The lowest BCUT2D eigenvalue weighted by atomic mass is 10.2. The first-order valence-corrected chi connectivity index (χ1v) is 6.72. The van der Waals surface area contributed by atoms with Gasteiger partial charge in [0.05, 0.1) is 6.10 Å². The van der Waals surface area contributed by atoms with Crippen molar-refractivity contribution in [1.82, 2.24) is 19.6 Å². The molecule has 1 saturated carbocycles. The standard InChI is InChI=1S/C12H16ClN5O/c1-7-10(13)17-12-14-6-15-18(12)11(7)16-8-3-4-9(5-8)19-2/h6,8-9,16H,3-5H2,1-2H3. The van der Waals surface area contributed by atoms with Gasteiger partial charge in [-0.15, -0.1) is 0 Å². The van der Waals surface area contributed by atoms with Gasteiger partial charge in [-0.1, -0.05) is 11.6 Å². The lowest BCUT2D eigenvalue weighted by Crippen LogP contribution is -2.20. The summed E-state index contributed by atoms with van der Waals surface area (Å²) in [7, 11) is 1.76. The molecule has 19 heavy (non-hydrogen) atoms. The number of nitrogens with one attached hydrogen (secondary N) is 1. The van der Waals surface area contributed by atoms with Crippen molar-refractivity contribution in [3.05, 3.63) is 17.0 Å². The predicted molar refractivity (Wildman–Crippen MR) is 72.6 cm³/mol. The molecule has 0 amide bonds. The molecule has 7 heteroatoms. The number of halogens is 1. The van der Waals surface area contributed by atoms with Crippen LogP contribution >= 0.6 is 11.6 Å². The zero-order chi connectivity index (χ0) is 13.4. The molecule has 2 heterocycles. The van der Waals surface area contributed by atoms with Crippen LogP contribution in [-0.4, -0.2) is 38.8 Å². The minimum atomic E-state index is 0.335. The summed E-state index contributed by atoms with van der Waals surface area (Å²) in [6.07, 6.45) is 4.96. The molecule has 0 saturated heterocycles. The Morgan fingerprint density at radius 3 is 3.05 bits per heavy atom. The van der Waals surface area contributed by atoms with Gasteiger partial charge in [-0.2, -0.15) is 19.6 Å². The molecule has 0 spiro atoms. The molecule has 2 atom stereocenters. The number of aromatic nitrogens is 4. The van der Waals surface area contributed by atoms with E-state index in [0.29, 0.717) is 23.1 Å². The third kappa shape index (κ3) is 2.26. The Kier molecular flexibility index (Phi) is 3.28. The van der Waals surface area contributed by atoms with Gasteiger partial charge in [-0.05, 0) is 26.2 Å². The predicted octanol–water partition coefficient (Wildman–Crippen LogP) is 2.07. The van der Waals surface area contributed by atoms with Crippen molar-refractivity contribution < 1.29 is 4.74 Å². The third-order valence-electron chi connectivity index (χ3n) is 3.66. The van der Waals surface area contributed by atoms with E-state index in [9.17, 15) is 0 Å². The summed E-state index contributed by atoms with van der Waals surface area (Å²) >= 11 is 6.13. The molecule has 1 aliphatic rings. The Bertz CT molecular complexity index is 599. The zero-order valence-electron chi connectivity index (χ0n) is 10.9. The summed E-state index contributed by atoms with van der Waals surface area (Å²) in [5.41, 5.74) is 0.889. The van der Waals surface area contributed by atoms with Gasteiger partial charge in [0.25, 0.3) is 5.78 Å². The lowest BCUT2D eigenvalue weighted by molar-refractivity contribution is 0.108. The van der Waals surface area contributed by atoms with E-state index in [1.807, 2.05) is 6.92 Å². The molecular formula is C12H16ClN5O. The van der Waals surface area contributed by atoms with E-state index in [2.05, 4.69) is 20.4 Å². The number of fused-ring (bicyclic) bond motifs is 1. The fraction of sp³-hybridized carbons (Fsp3) is 0.583. The first-order chi connectivity index (χ1) is 9.19. The Labute approximate surface area is 116 Å². The topological polar surface area (TPSA) is 64.3 Å². The molecule has 2 aromatic heterocycles. The highest BCUT2D eigenvalue weighted by molar-refractivity contribution is 6.30. The van der Waals surface area contributed by atoms with Gasteiger partial charge in [-0.3, -0.25) is 0 Å².